The Morgan fingerprint density at radius 2 is 1.50 bits per heavy atom. The number of rotatable bonds is 6. The lowest BCUT2D eigenvalue weighted by molar-refractivity contribution is 1.08. The first-order valence-corrected chi connectivity index (χ1v) is 9.17. The standard InChI is InChI=1S/C23H21N5/c1-17-7-9-20(10-8-17)26-22-15-21(25-16-18-11-13-24-14-12-18)27-23(28-22)19-5-3-2-4-6-19/h2-15H,16H2,1H3,(H2,25,26,27,28). The van der Waals surface area contributed by atoms with Crippen molar-refractivity contribution < 1.29 is 0 Å². The van der Waals surface area contributed by atoms with Crippen LogP contribution in [0.3, 0.4) is 0 Å². The number of anilines is 3. The van der Waals surface area contributed by atoms with Crippen molar-refractivity contribution in [3.8, 4) is 11.4 Å². The molecule has 0 bridgehead atoms. The van der Waals surface area contributed by atoms with Crippen molar-refractivity contribution in [3.05, 3.63) is 96.3 Å². The Morgan fingerprint density at radius 1 is 0.786 bits per heavy atom. The minimum Gasteiger partial charge on any atom is -0.366 e. The number of benzene rings is 2. The highest BCUT2D eigenvalue weighted by Crippen LogP contribution is 2.23. The van der Waals surface area contributed by atoms with Gasteiger partial charge in [0.1, 0.15) is 11.6 Å². The molecule has 0 aliphatic rings. The molecule has 0 saturated heterocycles. The second kappa shape index (κ2) is 8.31. The van der Waals surface area contributed by atoms with E-state index in [2.05, 4.69) is 34.7 Å². The third kappa shape index (κ3) is 4.51. The summed E-state index contributed by atoms with van der Waals surface area (Å²) in [6.07, 6.45) is 3.58. The molecule has 0 aliphatic carbocycles. The van der Waals surface area contributed by atoms with Gasteiger partial charge in [-0.2, -0.15) is 0 Å². The van der Waals surface area contributed by atoms with Gasteiger partial charge >= 0.3 is 0 Å². The van der Waals surface area contributed by atoms with Crippen LogP contribution < -0.4 is 10.6 Å². The van der Waals surface area contributed by atoms with E-state index in [-0.39, 0.29) is 0 Å². The van der Waals surface area contributed by atoms with Crippen LogP contribution in [0, 0.1) is 6.92 Å². The quantitative estimate of drug-likeness (QED) is 0.490. The molecule has 0 amide bonds. The summed E-state index contributed by atoms with van der Waals surface area (Å²) in [5.41, 5.74) is 4.33. The van der Waals surface area contributed by atoms with Gasteiger partial charge in [0.05, 0.1) is 0 Å². The molecule has 2 N–H and O–H groups in total. The van der Waals surface area contributed by atoms with Gasteiger partial charge < -0.3 is 10.6 Å². The molecule has 2 aromatic heterocycles. The monoisotopic (exact) mass is 367 g/mol. The highest BCUT2D eigenvalue weighted by molar-refractivity contribution is 5.65. The van der Waals surface area contributed by atoms with Crippen LogP contribution in [0.15, 0.2) is 85.2 Å². The Kier molecular flexibility index (Phi) is 5.24. The number of hydrogen-bond donors (Lipinski definition) is 2. The lowest BCUT2D eigenvalue weighted by atomic mass is 10.2. The predicted octanol–water partition coefficient (Wildman–Crippen LogP) is 5.20. The summed E-state index contributed by atoms with van der Waals surface area (Å²) < 4.78 is 0. The Morgan fingerprint density at radius 3 is 2.25 bits per heavy atom. The average Bonchev–Trinajstić information content (AvgIpc) is 2.75. The fourth-order valence-corrected chi connectivity index (χ4v) is 2.80. The van der Waals surface area contributed by atoms with Gasteiger partial charge in [-0.05, 0) is 36.8 Å². The van der Waals surface area contributed by atoms with Crippen molar-refractivity contribution in [2.75, 3.05) is 10.6 Å². The molecule has 5 heteroatoms. The maximum Gasteiger partial charge on any atom is 0.163 e. The normalized spacial score (nSPS) is 10.5. The molecule has 0 aliphatic heterocycles. The highest BCUT2D eigenvalue weighted by atomic mass is 15.1. The lowest BCUT2D eigenvalue weighted by Crippen LogP contribution is -2.05. The molecule has 5 nitrogen and oxygen atoms in total. The van der Waals surface area contributed by atoms with Gasteiger partial charge in [-0.25, -0.2) is 9.97 Å². The summed E-state index contributed by atoms with van der Waals surface area (Å²) in [4.78, 5) is 13.5. The summed E-state index contributed by atoms with van der Waals surface area (Å²) in [5.74, 6) is 2.19. The van der Waals surface area contributed by atoms with Crippen molar-refractivity contribution >= 4 is 17.3 Å². The molecule has 4 aromatic rings. The maximum absolute atomic E-state index is 4.70. The largest absolute Gasteiger partial charge is 0.366 e. The van der Waals surface area contributed by atoms with Gasteiger partial charge in [0.25, 0.3) is 0 Å². The molecule has 2 heterocycles. The Bertz CT molecular complexity index is 1030. The molecule has 0 fully saturated rings. The SMILES string of the molecule is Cc1ccc(Nc2cc(NCc3ccncc3)nc(-c3ccccc3)n2)cc1. The summed E-state index contributed by atoms with van der Waals surface area (Å²) >= 11 is 0. The minimum absolute atomic E-state index is 0.664. The van der Waals surface area contributed by atoms with E-state index in [0.717, 1.165) is 28.5 Å². The number of aromatic nitrogens is 3. The molecule has 0 unspecified atom stereocenters. The topological polar surface area (TPSA) is 62.7 Å². The van der Waals surface area contributed by atoms with Crippen LogP contribution in [0.5, 0.6) is 0 Å². The first kappa shape index (κ1) is 17.7. The number of pyridine rings is 1. The number of nitrogens with zero attached hydrogens (tertiary/aromatic N) is 3. The zero-order valence-corrected chi connectivity index (χ0v) is 15.6. The summed E-state index contributed by atoms with van der Waals surface area (Å²) in [6, 6.07) is 24.1. The second-order valence-electron chi connectivity index (χ2n) is 6.53. The molecule has 0 saturated carbocycles. The maximum atomic E-state index is 4.70. The van der Waals surface area contributed by atoms with E-state index in [4.69, 9.17) is 9.97 Å². The van der Waals surface area contributed by atoms with E-state index in [0.29, 0.717) is 12.4 Å². The smallest absolute Gasteiger partial charge is 0.163 e. The fraction of sp³-hybridized carbons (Fsp3) is 0.0870. The summed E-state index contributed by atoms with van der Waals surface area (Å²) in [7, 11) is 0. The van der Waals surface area contributed by atoms with Crippen LogP contribution >= 0.6 is 0 Å². The van der Waals surface area contributed by atoms with Gasteiger partial charge in [-0.1, -0.05) is 48.0 Å². The zero-order valence-electron chi connectivity index (χ0n) is 15.6. The molecule has 0 radical (unpaired) electrons. The molecule has 28 heavy (non-hydrogen) atoms. The third-order valence-corrected chi connectivity index (χ3v) is 4.31. The van der Waals surface area contributed by atoms with Gasteiger partial charge in [-0.15, -0.1) is 0 Å². The van der Waals surface area contributed by atoms with Crippen molar-refractivity contribution in [1.29, 1.82) is 0 Å². The van der Waals surface area contributed by atoms with Crippen molar-refractivity contribution in [1.82, 2.24) is 15.0 Å². The van der Waals surface area contributed by atoms with Crippen LogP contribution in [0.25, 0.3) is 11.4 Å². The second-order valence-corrected chi connectivity index (χ2v) is 6.53. The van der Waals surface area contributed by atoms with E-state index >= 15 is 0 Å². The van der Waals surface area contributed by atoms with Gasteiger partial charge in [0, 0.05) is 36.3 Å². The minimum atomic E-state index is 0.664. The predicted molar refractivity (Wildman–Crippen MR) is 113 cm³/mol. The molecule has 0 atom stereocenters. The van der Waals surface area contributed by atoms with Crippen LogP contribution in [0.1, 0.15) is 11.1 Å². The number of aryl methyl sites for hydroxylation is 1. The van der Waals surface area contributed by atoms with Gasteiger partial charge in [0.2, 0.25) is 0 Å². The molecule has 138 valence electrons. The number of hydrogen-bond acceptors (Lipinski definition) is 5. The average molecular weight is 367 g/mol. The Labute approximate surface area is 164 Å². The first-order valence-electron chi connectivity index (χ1n) is 9.17. The Hall–Kier alpha value is -3.73. The van der Waals surface area contributed by atoms with Crippen molar-refractivity contribution in [3.63, 3.8) is 0 Å². The molecule has 2 aromatic carbocycles. The highest BCUT2D eigenvalue weighted by Gasteiger charge is 2.08. The van der Waals surface area contributed by atoms with Crippen LogP contribution in [0.2, 0.25) is 0 Å². The van der Waals surface area contributed by atoms with Crippen LogP contribution in [-0.2, 0) is 6.54 Å². The van der Waals surface area contributed by atoms with E-state index in [9.17, 15) is 0 Å². The van der Waals surface area contributed by atoms with E-state index in [1.807, 2.05) is 60.7 Å². The summed E-state index contributed by atoms with van der Waals surface area (Å²) in [5, 5.41) is 6.77. The number of nitrogens with one attached hydrogen (secondary N) is 2. The molecular weight excluding hydrogens is 346 g/mol. The van der Waals surface area contributed by atoms with E-state index in [1.54, 1.807) is 12.4 Å². The molecular formula is C23H21N5. The van der Waals surface area contributed by atoms with Crippen LogP contribution in [0.4, 0.5) is 17.3 Å². The zero-order chi connectivity index (χ0) is 19.2. The summed E-state index contributed by atoms with van der Waals surface area (Å²) in [6.45, 7) is 2.74. The van der Waals surface area contributed by atoms with Gasteiger partial charge in [-0.3, -0.25) is 4.98 Å². The Balaban J connectivity index is 1.63. The van der Waals surface area contributed by atoms with Crippen molar-refractivity contribution in [2.45, 2.75) is 13.5 Å². The fourth-order valence-electron chi connectivity index (χ4n) is 2.80. The lowest BCUT2D eigenvalue weighted by Gasteiger charge is -2.12. The van der Waals surface area contributed by atoms with Crippen molar-refractivity contribution in [2.24, 2.45) is 0 Å². The van der Waals surface area contributed by atoms with E-state index in [1.165, 1.54) is 5.56 Å². The molecule has 4 rings (SSSR count). The molecule has 0 spiro atoms. The van der Waals surface area contributed by atoms with Crippen LogP contribution in [-0.4, -0.2) is 15.0 Å². The van der Waals surface area contributed by atoms with Gasteiger partial charge in [0.15, 0.2) is 5.82 Å². The third-order valence-electron chi connectivity index (χ3n) is 4.31. The first-order chi connectivity index (χ1) is 13.8. The van der Waals surface area contributed by atoms with E-state index < -0.39 is 0 Å².